The topological polar surface area (TPSA) is 115 Å². The monoisotopic (exact) mass is 490 g/mol. The summed E-state index contributed by atoms with van der Waals surface area (Å²) in [7, 11) is 0. The number of hydrogen-bond donors (Lipinski definition) is 4. The van der Waals surface area contributed by atoms with Gasteiger partial charge in [0.1, 0.15) is 22.6 Å². The van der Waals surface area contributed by atoms with Gasteiger partial charge < -0.3 is 20.4 Å². The number of benzene rings is 2. The maximum Gasteiger partial charge on any atom is 0.339 e. The van der Waals surface area contributed by atoms with Crippen molar-refractivity contribution in [2.75, 3.05) is 0 Å². The number of hydrogen-bond acceptors (Lipinski definition) is 4. The molecule has 0 amide bonds. The molecular formula is C14H12Ag2O6. The van der Waals surface area contributed by atoms with Gasteiger partial charge in [-0.15, -0.1) is 0 Å². The van der Waals surface area contributed by atoms with Crippen LogP contribution in [0.2, 0.25) is 0 Å². The molecule has 8 heteroatoms. The number of aromatic carboxylic acids is 2. The van der Waals surface area contributed by atoms with Gasteiger partial charge in [-0.1, -0.05) is 24.3 Å². The van der Waals surface area contributed by atoms with Gasteiger partial charge in [-0.05, 0) is 24.3 Å². The molecule has 0 fully saturated rings. The maximum absolute atomic E-state index is 10.3. The Labute approximate surface area is 157 Å². The van der Waals surface area contributed by atoms with Crippen LogP contribution in [0.25, 0.3) is 0 Å². The minimum atomic E-state index is -1.11. The van der Waals surface area contributed by atoms with Crippen molar-refractivity contribution < 1.29 is 74.8 Å². The maximum atomic E-state index is 10.3. The minimum absolute atomic E-state index is 0. The molecule has 0 spiro atoms. The molecule has 2 aromatic carbocycles. The molecule has 0 aliphatic heterocycles. The molecule has 0 atom stereocenters. The molecule has 2 radical (unpaired) electrons. The quantitative estimate of drug-likeness (QED) is 0.479. The first kappa shape index (κ1) is 22.7. The first-order chi connectivity index (χ1) is 9.43. The van der Waals surface area contributed by atoms with Crippen LogP contribution in [0.4, 0.5) is 0 Å². The molecule has 2 rings (SSSR count). The van der Waals surface area contributed by atoms with Crippen LogP contribution in [-0.2, 0) is 44.8 Å². The third kappa shape index (κ3) is 6.95. The molecular weight excluding hydrogens is 480 g/mol. The predicted octanol–water partition coefficient (Wildman–Crippen LogP) is 2.18. The van der Waals surface area contributed by atoms with Crippen LogP contribution >= 0.6 is 0 Å². The molecule has 0 saturated carbocycles. The van der Waals surface area contributed by atoms with E-state index in [1.54, 1.807) is 24.3 Å². The molecule has 0 aliphatic rings. The smallest absolute Gasteiger partial charge is 0.339 e. The van der Waals surface area contributed by atoms with Crippen molar-refractivity contribution in [3.05, 3.63) is 59.7 Å². The summed E-state index contributed by atoms with van der Waals surface area (Å²) in [5.74, 6) is -2.62. The Bertz CT molecular complexity index is 575. The van der Waals surface area contributed by atoms with Gasteiger partial charge >= 0.3 is 11.9 Å². The average Bonchev–Trinajstić information content (AvgIpc) is 2.40. The van der Waals surface area contributed by atoms with Crippen LogP contribution in [0.1, 0.15) is 20.7 Å². The summed E-state index contributed by atoms with van der Waals surface area (Å²) in [6, 6.07) is 11.6. The second-order valence-electron chi connectivity index (χ2n) is 3.64. The van der Waals surface area contributed by atoms with E-state index in [1.165, 1.54) is 24.3 Å². The molecule has 0 unspecified atom stereocenters. The number of rotatable bonds is 2. The van der Waals surface area contributed by atoms with Crippen LogP contribution in [-0.4, -0.2) is 32.4 Å². The average molecular weight is 492 g/mol. The van der Waals surface area contributed by atoms with Crippen LogP contribution < -0.4 is 0 Å². The zero-order valence-electron chi connectivity index (χ0n) is 10.8. The summed E-state index contributed by atoms with van der Waals surface area (Å²) < 4.78 is 0. The van der Waals surface area contributed by atoms with E-state index >= 15 is 0 Å². The van der Waals surface area contributed by atoms with E-state index in [4.69, 9.17) is 20.4 Å². The van der Waals surface area contributed by atoms with Crippen LogP contribution in [0.15, 0.2) is 48.5 Å². The third-order valence-corrected chi connectivity index (χ3v) is 2.27. The number of carboxylic acid groups (broad SMARTS) is 2. The van der Waals surface area contributed by atoms with E-state index < -0.39 is 11.9 Å². The Morgan fingerprint density at radius 3 is 1.09 bits per heavy atom. The van der Waals surface area contributed by atoms with Gasteiger partial charge in [-0.3, -0.25) is 0 Å². The summed E-state index contributed by atoms with van der Waals surface area (Å²) in [5, 5.41) is 34.6. The normalized spacial score (nSPS) is 8.36. The van der Waals surface area contributed by atoms with Crippen molar-refractivity contribution in [3.8, 4) is 11.5 Å². The SMILES string of the molecule is O=C(O)c1ccccc1O.O=C(O)c1ccccc1O.[Ag].[Ag]. The molecule has 0 heterocycles. The van der Waals surface area contributed by atoms with Crippen molar-refractivity contribution in [1.29, 1.82) is 0 Å². The van der Waals surface area contributed by atoms with Crippen molar-refractivity contribution in [1.82, 2.24) is 0 Å². The summed E-state index contributed by atoms with van der Waals surface area (Å²) in [5.41, 5.74) is -0.134. The van der Waals surface area contributed by atoms with Crippen molar-refractivity contribution >= 4 is 11.9 Å². The fourth-order valence-electron chi connectivity index (χ4n) is 1.31. The van der Waals surface area contributed by atoms with Gasteiger partial charge in [-0.25, -0.2) is 9.59 Å². The second kappa shape index (κ2) is 11.1. The molecule has 0 aromatic heterocycles. The van der Waals surface area contributed by atoms with Gasteiger partial charge in [0.05, 0.1) is 0 Å². The van der Waals surface area contributed by atoms with Gasteiger partial charge in [-0.2, -0.15) is 0 Å². The minimum Gasteiger partial charge on any atom is -0.507 e. The van der Waals surface area contributed by atoms with Crippen LogP contribution in [0, 0.1) is 0 Å². The molecule has 0 aliphatic carbocycles. The fourth-order valence-corrected chi connectivity index (χ4v) is 1.31. The largest absolute Gasteiger partial charge is 0.507 e. The van der Waals surface area contributed by atoms with Gasteiger partial charge in [0.15, 0.2) is 0 Å². The fraction of sp³-hybridized carbons (Fsp3) is 0. The summed E-state index contributed by atoms with van der Waals surface area (Å²) in [6.45, 7) is 0. The van der Waals surface area contributed by atoms with E-state index in [9.17, 15) is 9.59 Å². The van der Waals surface area contributed by atoms with Crippen molar-refractivity contribution in [2.24, 2.45) is 0 Å². The summed E-state index contributed by atoms with van der Waals surface area (Å²) in [4.78, 5) is 20.5. The summed E-state index contributed by atoms with van der Waals surface area (Å²) >= 11 is 0. The molecule has 126 valence electrons. The zero-order chi connectivity index (χ0) is 15.1. The summed E-state index contributed by atoms with van der Waals surface area (Å²) in [6.07, 6.45) is 0. The molecule has 6 nitrogen and oxygen atoms in total. The molecule has 2 aromatic rings. The van der Waals surface area contributed by atoms with Crippen LogP contribution in [0.5, 0.6) is 11.5 Å². The third-order valence-electron chi connectivity index (χ3n) is 2.27. The predicted molar refractivity (Wildman–Crippen MR) is 70.1 cm³/mol. The standard InChI is InChI=1S/2C7H6O3.2Ag/c2*8-6-4-2-1-3-5(6)7(9)10;;/h2*1-4,8H,(H,9,10);;. The van der Waals surface area contributed by atoms with Crippen molar-refractivity contribution in [2.45, 2.75) is 0 Å². The number of phenols is 2. The first-order valence-corrected chi connectivity index (χ1v) is 5.46. The Morgan fingerprint density at radius 1 is 0.636 bits per heavy atom. The first-order valence-electron chi connectivity index (χ1n) is 5.46. The molecule has 22 heavy (non-hydrogen) atoms. The number of carbonyl (C=O) groups is 2. The molecule has 0 bridgehead atoms. The number of para-hydroxylation sites is 2. The van der Waals surface area contributed by atoms with Crippen molar-refractivity contribution in [3.63, 3.8) is 0 Å². The van der Waals surface area contributed by atoms with E-state index in [-0.39, 0.29) is 67.4 Å². The van der Waals surface area contributed by atoms with E-state index in [2.05, 4.69) is 0 Å². The van der Waals surface area contributed by atoms with Crippen LogP contribution in [0.3, 0.4) is 0 Å². The van der Waals surface area contributed by atoms with Gasteiger partial charge in [0.2, 0.25) is 0 Å². The van der Waals surface area contributed by atoms with E-state index in [1.807, 2.05) is 0 Å². The van der Waals surface area contributed by atoms with E-state index in [0.717, 1.165) is 0 Å². The van der Waals surface area contributed by atoms with Gasteiger partial charge in [0.25, 0.3) is 0 Å². The van der Waals surface area contributed by atoms with E-state index in [0.29, 0.717) is 0 Å². The Morgan fingerprint density at radius 2 is 0.909 bits per heavy atom. The molecule has 0 saturated heterocycles. The molecule has 4 N–H and O–H groups in total. The zero-order valence-corrected chi connectivity index (χ0v) is 13.8. The number of carboxylic acids is 2. The second-order valence-corrected chi connectivity index (χ2v) is 3.64. The number of aromatic hydroxyl groups is 2. The Hall–Kier alpha value is -1.54. The Kier molecular flexibility index (Phi) is 11.5. The van der Waals surface area contributed by atoms with Gasteiger partial charge in [0, 0.05) is 44.8 Å². The Balaban J connectivity index is 0.